The van der Waals surface area contributed by atoms with Gasteiger partial charge in [-0.15, -0.1) is 0 Å². The molecule has 4 rings (SSSR count). The molecule has 0 bridgehead atoms. The largest absolute Gasteiger partial charge is 0.494 e. The molecule has 0 atom stereocenters. The zero-order valence-electron chi connectivity index (χ0n) is 21.6. The summed E-state index contributed by atoms with van der Waals surface area (Å²) in [6, 6.07) is 34.5. The van der Waals surface area contributed by atoms with Gasteiger partial charge >= 0.3 is 0 Å². The molecule has 0 aliphatic heterocycles. The fraction of sp³-hybridized carbons (Fsp3) is 0.188. The van der Waals surface area contributed by atoms with Crippen LogP contribution in [0.1, 0.15) is 29.3 Å². The Kier molecular flexibility index (Phi) is 9.51. The standard InChI is InChI=1S/C32H33N3O3/c1-2-35(29-15-7-4-8-16-29)32(37)26-18-20-27(21-19-26)34-31(36)24-33-28-14-9-17-30(23-28)38-22-10-13-25-11-5-3-6-12-25/h3-9,11-12,14-21,23,33H,2,10,13,22,24H2,1H3,(H,34,36). The molecular formula is C32H33N3O3. The van der Waals surface area contributed by atoms with Gasteiger partial charge in [0.05, 0.1) is 13.2 Å². The van der Waals surface area contributed by atoms with Crippen molar-refractivity contribution in [1.29, 1.82) is 0 Å². The summed E-state index contributed by atoms with van der Waals surface area (Å²) >= 11 is 0. The molecule has 0 unspecified atom stereocenters. The molecule has 2 N–H and O–H groups in total. The summed E-state index contributed by atoms with van der Waals surface area (Å²) in [6.07, 6.45) is 1.90. The first-order valence-corrected chi connectivity index (χ1v) is 12.9. The number of hydrogen-bond acceptors (Lipinski definition) is 4. The van der Waals surface area contributed by atoms with Crippen molar-refractivity contribution < 1.29 is 14.3 Å². The molecule has 0 fully saturated rings. The molecule has 2 amide bonds. The van der Waals surface area contributed by atoms with Crippen molar-refractivity contribution in [1.82, 2.24) is 0 Å². The zero-order valence-corrected chi connectivity index (χ0v) is 21.6. The van der Waals surface area contributed by atoms with Crippen LogP contribution in [0.25, 0.3) is 0 Å². The number of amides is 2. The van der Waals surface area contributed by atoms with E-state index in [9.17, 15) is 9.59 Å². The van der Waals surface area contributed by atoms with Crippen molar-refractivity contribution in [3.63, 3.8) is 0 Å². The first-order chi connectivity index (χ1) is 18.6. The van der Waals surface area contributed by atoms with Crippen molar-refractivity contribution in [3.8, 4) is 5.75 Å². The first kappa shape index (κ1) is 26.5. The van der Waals surface area contributed by atoms with Crippen molar-refractivity contribution in [2.45, 2.75) is 19.8 Å². The third-order valence-corrected chi connectivity index (χ3v) is 6.05. The number of rotatable bonds is 12. The van der Waals surface area contributed by atoms with Gasteiger partial charge in [-0.1, -0.05) is 54.6 Å². The van der Waals surface area contributed by atoms with E-state index >= 15 is 0 Å². The molecule has 0 radical (unpaired) electrons. The second kappa shape index (κ2) is 13.7. The fourth-order valence-electron chi connectivity index (χ4n) is 4.10. The average Bonchev–Trinajstić information content (AvgIpc) is 2.96. The predicted octanol–water partition coefficient (Wildman–Crippen LogP) is 6.42. The number of nitrogens with one attached hydrogen (secondary N) is 2. The van der Waals surface area contributed by atoms with Crippen LogP contribution in [0, 0.1) is 0 Å². The van der Waals surface area contributed by atoms with Gasteiger partial charge in [0.25, 0.3) is 5.91 Å². The molecule has 0 heterocycles. The molecule has 6 heteroatoms. The molecule has 0 aromatic heterocycles. The Morgan fingerprint density at radius 2 is 1.50 bits per heavy atom. The molecule has 194 valence electrons. The summed E-state index contributed by atoms with van der Waals surface area (Å²) < 4.78 is 5.88. The van der Waals surface area contributed by atoms with E-state index in [1.165, 1.54) is 5.56 Å². The number of carbonyl (C=O) groups excluding carboxylic acids is 2. The van der Waals surface area contributed by atoms with Gasteiger partial charge in [0.2, 0.25) is 5.91 Å². The monoisotopic (exact) mass is 507 g/mol. The maximum absolute atomic E-state index is 13.0. The Morgan fingerprint density at radius 3 is 2.21 bits per heavy atom. The van der Waals surface area contributed by atoms with Gasteiger partial charge in [0.15, 0.2) is 0 Å². The Labute approximate surface area is 224 Å². The highest BCUT2D eigenvalue weighted by Crippen LogP contribution is 2.19. The Bertz CT molecular complexity index is 1310. The van der Waals surface area contributed by atoms with Crippen molar-refractivity contribution in [2.75, 3.05) is 35.2 Å². The van der Waals surface area contributed by atoms with Crippen LogP contribution in [0.3, 0.4) is 0 Å². The van der Waals surface area contributed by atoms with Gasteiger partial charge in [0, 0.05) is 35.2 Å². The Hall–Kier alpha value is -4.58. The maximum Gasteiger partial charge on any atom is 0.258 e. The van der Waals surface area contributed by atoms with E-state index in [0.29, 0.717) is 24.4 Å². The van der Waals surface area contributed by atoms with E-state index in [1.54, 1.807) is 29.2 Å². The summed E-state index contributed by atoms with van der Waals surface area (Å²) in [6.45, 7) is 3.24. The third kappa shape index (κ3) is 7.71. The van der Waals surface area contributed by atoms with E-state index in [-0.39, 0.29) is 18.4 Å². The molecule has 0 aliphatic rings. The van der Waals surface area contributed by atoms with Crippen LogP contribution in [0.15, 0.2) is 109 Å². The molecule has 6 nitrogen and oxygen atoms in total. The van der Waals surface area contributed by atoms with Gasteiger partial charge < -0.3 is 20.3 Å². The molecule has 38 heavy (non-hydrogen) atoms. The minimum Gasteiger partial charge on any atom is -0.494 e. The van der Waals surface area contributed by atoms with Gasteiger partial charge in [-0.25, -0.2) is 0 Å². The van der Waals surface area contributed by atoms with Crippen molar-refractivity contribution >= 4 is 28.9 Å². The lowest BCUT2D eigenvalue weighted by molar-refractivity contribution is -0.114. The molecule has 4 aromatic carbocycles. The van der Waals surface area contributed by atoms with Crippen LogP contribution < -0.4 is 20.3 Å². The average molecular weight is 508 g/mol. The summed E-state index contributed by atoms with van der Waals surface area (Å²) in [7, 11) is 0. The highest BCUT2D eigenvalue weighted by Gasteiger charge is 2.16. The summed E-state index contributed by atoms with van der Waals surface area (Å²) in [5.74, 6) is 0.499. The SMILES string of the molecule is CCN(C(=O)c1ccc(NC(=O)CNc2cccc(OCCCc3ccccc3)c2)cc1)c1ccccc1. The third-order valence-electron chi connectivity index (χ3n) is 6.05. The predicted molar refractivity (Wildman–Crippen MR) is 154 cm³/mol. The van der Waals surface area contributed by atoms with Crippen molar-refractivity contribution in [3.05, 3.63) is 120 Å². The van der Waals surface area contributed by atoms with Crippen molar-refractivity contribution in [2.24, 2.45) is 0 Å². The van der Waals surface area contributed by atoms with Crippen LogP contribution in [0.5, 0.6) is 5.75 Å². The fourth-order valence-corrected chi connectivity index (χ4v) is 4.10. The minimum atomic E-state index is -0.183. The number of anilines is 3. The van der Waals surface area contributed by atoms with Gasteiger partial charge in [-0.2, -0.15) is 0 Å². The molecule has 0 aliphatic carbocycles. The Balaban J connectivity index is 1.23. The van der Waals surface area contributed by atoms with E-state index in [1.807, 2.05) is 79.7 Å². The topological polar surface area (TPSA) is 70.7 Å². The molecular weight excluding hydrogens is 474 g/mol. The van der Waals surface area contributed by atoms with Crippen LogP contribution >= 0.6 is 0 Å². The zero-order chi connectivity index (χ0) is 26.6. The molecule has 0 saturated heterocycles. The van der Waals surface area contributed by atoms with Gasteiger partial charge in [-0.05, 0) is 73.9 Å². The van der Waals surface area contributed by atoms with Crippen LogP contribution in [0.4, 0.5) is 17.1 Å². The number of carbonyl (C=O) groups is 2. The van der Waals surface area contributed by atoms with E-state index in [2.05, 4.69) is 22.8 Å². The number of hydrogen-bond donors (Lipinski definition) is 2. The highest BCUT2D eigenvalue weighted by atomic mass is 16.5. The van der Waals surface area contributed by atoms with Crippen LogP contribution in [-0.2, 0) is 11.2 Å². The van der Waals surface area contributed by atoms with Crippen LogP contribution in [-0.4, -0.2) is 31.5 Å². The van der Waals surface area contributed by atoms with Gasteiger partial charge in [-0.3, -0.25) is 9.59 Å². The molecule has 0 spiro atoms. The smallest absolute Gasteiger partial charge is 0.258 e. The second-order valence-electron chi connectivity index (χ2n) is 8.83. The highest BCUT2D eigenvalue weighted by molar-refractivity contribution is 6.06. The number of nitrogens with zero attached hydrogens (tertiary/aromatic N) is 1. The number of ether oxygens (including phenoxy) is 1. The van der Waals surface area contributed by atoms with Crippen LogP contribution in [0.2, 0.25) is 0 Å². The van der Waals surface area contributed by atoms with Gasteiger partial charge in [0.1, 0.15) is 5.75 Å². The minimum absolute atomic E-state index is 0.0830. The quantitative estimate of drug-likeness (QED) is 0.217. The normalized spacial score (nSPS) is 10.4. The lowest BCUT2D eigenvalue weighted by atomic mass is 10.1. The molecule has 4 aromatic rings. The molecule has 0 saturated carbocycles. The lowest BCUT2D eigenvalue weighted by Gasteiger charge is -2.21. The Morgan fingerprint density at radius 1 is 0.789 bits per heavy atom. The van der Waals surface area contributed by atoms with E-state index < -0.39 is 0 Å². The number of para-hydroxylation sites is 1. The maximum atomic E-state index is 13.0. The summed E-state index contributed by atoms with van der Waals surface area (Å²) in [5, 5.41) is 6.01. The van der Waals surface area contributed by atoms with E-state index in [4.69, 9.17) is 4.74 Å². The summed E-state index contributed by atoms with van der Waals surface area (Å²) in [4.78, 5) is 27.2. The first-order valence-electron chi connectivity index (χ1n) is 12.9. The second-order valence-corrected chi connectivity index (χ2v) is 8.83. The summed E-state index contributed by atoms with van der Waals surface area (Å²) in [5.41, 5.74) is 4.15. The lowest BCUT2D eigenvalue weighted by Crippen LogP contribution is -2.30. The number of benzene rings is 4. The number of aryl methyl sites for hydroxylation is 1. The van der Waals surface area contributed by atoms with E-state index in [0.717, 1.165) is 30.0 Å².